The van der Waals surface area contributed by atoms with Gasteiger partial charge in [0.2, 0.25) is 0 Å². The van der Waals surface area contributed by atoms with Gasteiger partial charge < -0.3 is 10.3 Å². The molecule has 0 radical (unpaired) electrons. The van der Waals surface area contributed by atoms with E-state index in [0.29, 0.717) is 0 Å². The summed E-state index contributed by atoms with van der Waals surface area (Å²) in [5.41, 5.74) is 8.37. The number of nitrogens with zero attached hydrogens (tertiary/aromatic N) is 3. The lowest BCUT2D eigenvalue weighted by Crippen LogP contribution is -2.16. The highest BCUT2D eigenvalue weighted by molar-refractivity contribution is 7.11. The van der Waals surface area contributed by atoms with Crippen LogP contribution in [0.25, 0.3) is 0 Å². The van der Waals surface area contributed by atoms with Gasteiger partial charge in [-0.1, -0.05) is 6.92 Å². The van der Waals surface area contributed by atoms with Gasteiger partial charge in [0.15, 0.2) is 0 Å². The summed E-state index contributed by atoms with van der Waals surface area (Å²) in [6.45, 7) is 7.19. The molecule has 5 heteroatoms. The summed E-state index contributed by atoms with van der Waals surface area (Å²) in [5, 5.41) is 0.970. The molecular weight excluding hydrogens is 232 g/mol. The van der Waals surface area contributed by atoms with Crippen molar-refractivity contribution in [2.75, 3.05) is 0 Å². The van der Waals surface area contributed by atoms with Crippen molar-refractivity contribution >= 4 is 11.3 Å². The van der Waals surface area contributed by atoms with Gasteiger partial charge in [-0.2, -0.15) is 0 Å². The summed E-state index contributed by atoms with van der Waals surface area (Å²) in [6, 6.07) is -0.165. The molecule has 0 fully saturated rings. The van der Waals surface area contributed by atoms with Gasteiger partial charge >= 0.3 is 0 Å². The highest BCUT2D eigenvalue weighted by atomic mass is 32.1. The first kappa shape index (κ1) is 12.3. The Bertz CT molecular complexity index is 481. The lowest BCUT2D eigenvalue weighted by Gasteiger charge is -2.11. The number of hydrogen-bond donors (Lipinski definition) is 1. The van der Waals surface area contributed by atoms with Crippen molar-refractivity contribution in [3.63, 3.8) is 0 Å². The smallest absolute Gasteiger partial charge is 0.116 e. The van der Waals surface area contributed by atoms with E-state index in [1.807, 2.05) is 19.4 Å². The number of nitrogens with two attached hydrogens (primary N) is 1. The van der Waals surface area contributed by atoms with E-state index in [9.17, 15) is 0 Å². The summed E-state index contributed by atoms with van der Waals surface area (Å²) >= 11 is 1.67. The minimum atomic E-state index is -0.165. The third kappa shape index (κ3) is 2.40. The van der Waals surface area contributed by atoms with Crippen LogP contribution in [0.4, 0.5) is 0 Å². The van der Waals surface area contributed by atoms with E-state index in [0.717, 1.165) is 29.4 Å². The van der Waals surface area contributed by atoms with Crippen molar-refractivity contribution in [1.82, 2.24) is 14.5 Å². The molecule has 2 aromatic heterocycles. The van der Waals surface area contributed by atoms with Gasteiger partial charge in [-0.3, -0.25) is 0 Å². The minimum Gasteiger partial charge on any atom is -0.333 e. The van der Waals surface area contributed by atoms with Crippen molar-refractivity contribution in [3.05, 3.63) is 33.8 Å². The molecule has 0 spiro atoms. The second-order valence-corrected chi connectivity index (χ2v) is 5.42. The van der Waals surface area contributed by atoms with Crippen LogP contribution in [0.3, 0.4) is 0 Å². The molecule has 1 atom stereocenters. The van der Waals surface area contributed by atoms with Crippen molar-refractivity contribution in [2.24, 2.45) is 5.73 Å². The Morgan fingerprint density at radius 2 is 2.24 bits per heavy atom. The molecule has 92 valence electrons. The SMILES string of the molecule is CCCn1cncc1C(N)c1nc(C)c(C)s1. The Labute approximate surface area is 106 Å². The molecule has 17 heavy (non-hydrogen) atoms. The highest BCUT2D eigenvalue weighted by Crippen LogP contribution is 2.25. The van der Waals surface area contributed by atoms with Gasteiger partial charge in [-0.25, -0.2) is 9.97 Å². The molecule has 2 rings (SSSR count). The maximum Gasteiger partial charge on any atom is 0.116 e. The summed E-state index contributed by atoms with van der Waals surface area (Å²) in [7, 11) is 0. The third-order valence-electron chi connectivity index (χ3n) is 2.84. The summed E-state index contributed by atoms with van der Waals surface area (Å²) in [4.78, 5) is 9.93. The van der Waals surface area contributed by atoms with E-state index in [4.69, 9.17) is 5.73 Å². The maximum atomic E-state index is 6.26. The van der Waals surface area contributed by atoms with E-state index in [2.05, 4.69) is 28.4 Å². The molecule has 0 amide bonds. The second kappa shape index (κ2) is 4.98. The molecule has 4 nitrogen and oxygen atoms in total. The fourth-order valence-corrected chi connectivity index (χ4v) is 2.71. The van der Waals surface area contributed by atoms with Crippen molar-refractivity contribution in [1.29, 1.82) is 0 Å². The van der Waals surface area contributed by atoms with Crippen LogP contribution in [0.15, 0.2) is 12.5 Å². The maximum absolute atomic E-state index is 6.26. The molecule has 0 saturated carbocycles. The number of imidazole rings is 1. The van der Waals surface area contributed by atoms with E-state index >= 15 is 0 Å². The van der Waals surface area contributed by atoms with Crippen LogP contribution in [0, 0.1) is 13.8 Å². The number of rotatable bonds is 4. The molecule has 2 aromatic rings. The van der Waals surface area contributed by atoms with Gasteiger partial charge in [0.1, 0.15) is 5.01 Å². The zero-order valence-corrected chi connectivity index (χ0v) is 11.3. The number of aryl methyl sites for hydroxylation is 3. The van der Waals surface area contributed by atoms with Gasteiger partial charge in [0, 0.05) is 11.4 Å². The Morgan fingerprint density at radius 3 is 2.82 bits per heavy atom. The van der Waals surface area contributed by atoms with Gasteiger partial charge in [0.05, 0.1) is 30.0 Å². The lowest BCUT2D eigenvalue weighted by atomic mass is 10.2. The van der Waals surface area contributed by atoms with E-state index < -0.39 is 0 Å². The summed E-state index contributed by atoms with van der Waals surface area (Å²) in [5.74, 6) is 0. The normalized spacial score (nSPS) is 12.9. The molecule has 2 heterocycles. The first-order valence-corrected chi connectivity index (χ1v) is 6.64. The van der Waals surface area contributed by atoms with Crippen molar-refractivity contribution < 1.29 is 0 Å². The lowest BCUT2D eigenvalue weighted by molar-refractivity contribution is 0.623. The predicted molar refractivity (Wildman–Crippen MR) is 70.1 cm³/mol. The van der Waals surface area contributed by atoms with Gasteiger partial charge in [-0.15, -0.1) is 11.3 Å². The monoisotopic (exact) mass is 250 g/mol. The van der Waals surface area contributed by atoms with E-state index in [1.54, 1.807) is 11.3 Å². The van der Waals surface area contributed by atoms with E-state index in [-0.39, 0.29) is 6.04 Å². The average molecular weight is 250 g/mol. The third-order valence-corrected chi connectivity index (χ3v) is 3.99. The standard InChI is InChI=1S/C12H18N4S/c1-4-5-16-7-14-6-10(16)11(13)12-15-8(2)9(3)17-12/h6-7,11H,4-5,13H2,1-3H3. The Morgan fingerprint density at radius 1 is 1.47 bits per heavy atom. The molecule has 2 N–H and O–H groups in total. The molecular formula is C12H18N4S. The molecule has 0 bridgehead atoms. The molecule has 0 aromatic carbocycles. The molecule has 0 saturated heterocycles. The molecule has 1 unspecified atom stereocenters. The number of hydrogen-bond acceptors (Lipinski definition) is 4. The topological polar surface area (TPSA) is 56.7 Å². The quantitative estimate of drug-likeness (QED) is 0.906. The van der Waals surface area contributed by atoms with Crippen LogP contribution >= 0.6 is 11.3 Å². The zero-order chi connectivity index (χ0) is 12.4. The van der Waals surface area contributed by atoms with Crippen LogP contribution in [-0.4, -0.2) is 14.5 Å². The highest BCUT2D eigenvalue weighted by Gasteiger charge is 2.17. The molecule has 0 aliphatic rings. The van der Waals surface area contributed by atoms with Crippen LogP contribution in [-0.2, 0) is 6.54 Å². The average Bonchev–Trinajstić information content (AvgIpc) is 2.87. The fraction of sp³-hybridized carbons (Fsp3) is 0.500. The second-order valence-electron chi connectivity index (χ2n) is 4.18. The van der Waals surface area contributed by atoms with Gasteiger partial charge in [-0.05, 0) is 20.3 Å². The van der Waals surface area contributed by atoms with Crippen molar-refractivity contribution in [2.45, 2.75) is 39.8 Å². The fourth-order valence-electron chi connectivity index (χ4n) is 1.77. The van der Waals surface area contributed by atoms with Crippen LogP contribution in [0.1, 0.15) is 40.7 Å². The largest absolute Gasteiger partial charge is 0.333 e. The van der Waals surface area contributed by atoms with Crippen LogP contribution < -0.4 is 5.73 Å². The Balaban J connectivity index is 2.29. The molecule has 0 aliphatic heterocycles. The Kier molecular flexibility index (Phi) is 3.59. The minimum absolute atomic E-state index is 0.165. The predicted octanol–water partition coefficient (Wildman–Crippen LogP) is 2.41. The first-order valence-electron chi connectivity index (χ1n) is 5.83. The van der Waals surface area contributed by atoms with Crippen LogP contribution in [0.2, 0.25) is 0 Å². The van der Waals surface area contributed by atoms with Crippen LogP contribution in [0.5, 0.6) is 0 Å². The Hall–Kier alpha value is -1.20. The zero-order valence-electron chi connectivity index (χ0n) is 10.5. The van der Waals surface area contributed by atoms with Crippen molar-refractivity contribution in [3.8, 4) is 0 Å². The molecule has 0 aliphatic carbocycles. The number of aromatic nitrogens is 3. The summed E-state index contributed by atoms with van der Waals surface area (Å²) < 4.78 is 2.11. The summed E-state index contributed by atoms with van der Waals surface area (Å²) in [6.07, 6.45) is 4.75. The van der Waals surface area contributed by atoms with Gasteiger partial charge in [0.25, 0.3) is 0 Å². The number of thiazole rings is 1. The van der Waals surface area contributed by atoms with E-state index in [1.165, 1.54) is 4.88 Å². The first-order chi connectivity index (χ1) is 8.13.